The van der Waals surface area contributed by atoms with Crippen molar-refractivity contribution in [1.29, 1.82) is 0 Å². The van der Waals surface area contributed by atoms with Gasteiger partial charge in [-0.05, 0) is 43.4 Å². The van der Waals surface area contributed by atoms with E-state index < -0.39 is 17.5 Å². The number of likely N-dealkylation sites (tertiary alicyclic amines) is 1. The summed E-state index contributed by atoms with van der Waals surface area (Å²) in [6, 6.07) is 13.3. The second-order valence-electron chi connectivity index (χ2n) is 8.41. The molecule has 1 N–H and O–H groups in total. The topological polar surface area (TPSA) is 49.4 Å². The van der Waals surface area contributed by atoms with Gasteiger partial charge in [0.2, 0.25) is 5.91 Å². The average Bonchev–Trinajstić information content (AvgIpc) is 2.73. The summed E-state index contributed by atoms with van der Waals surface area (Å²) in [7, 11) is 0. The van der Waals surface area contributed by atoms with Gasteiger partial charge >= 0.3 is 0 Å². The molecule has 1 saturated heterocycles. The summed E-state index contributed by atoms with van der Waals surface area (Å²) >= 11 is 0. The number of nitrogens with one attached hydrogen (secondary N) is 1. The zero-order chi connectivity index (χ0) is 21.1. The van der Waals surface area contributed by atoms with E-state index >= 15 is 0 Å². The van der Waals surface area contributed by atoms with Crippen molar-refractivity contribution in [3.8, 4) is 0 Å². The number of hydrogen-bond acceptors (Lipinski definition) is 2. The monoisotopic (exact) mass is 412 g/mol. The van der Waals surface area contributed by atoms with E-state index in [9.17, 15) is 18.4 Å². The fraction of sp³-hybridized carbons (Fsp3) is 0.417. The van der Waals surface area contributed by atoms with Gasteiger partial charge in [0, 0.05) is 37.0 Å². The molecule has 1 saturated carbocycles. The Labute approximate surface area is 175 Å². The first kappa shape index (κ1) is 20.5. The molecule has 1 heterocycles. The Morgan fingerprint density at radius 3 is 2.33 bits per heavy atom. The van der Waals surface area contributed by atoms with Crippen LogP contribution in [0.2, 0.25) is 0 Å². The first-order valence-electron chi connectivity index (χ1n) is 10.6. The van der Waals surface area contributed by atoms with Crippen LogP contribution in [0, 0.1) is 17.6 Å². The number of benzene rings is 2. The van der Waals surface area contributed by atoms with Crippen LogP contribution in [0.5, 0.6) is 0 Å². The van der Waals surface area contributed by atoms with Crippen molar-refractivity contribution in [3.63, 3.8) is 0 Å². The van der Waals surface area contributed by atoms with E-state index in [0.29, 0.717) is 32.5 Å². The van der Waals surface area contributed by atoms with Gasteiger partial charge in [-0.1, -0.05) is 36.8 Å². The predicted octanol–water partition coefficient (Wildman–Crippen LogP) is 4.06. The zero-order valence-electron chi connectivity index (χ0n) is 16.9. The van der Waals surface area contributed by atoms with E-state index in [1.807, 2.05) is 18.2 Å². The fourth-order valence-electron chi connectivity index (χ4n) is 4.54. The highest BCUT2D eigenvalue weighted by Crippen LogP contribution is 2.43. The van der Waals surface area contributed by atoms with Crippen LogP contribution < -0.4 is 5.32 Å². The second kappa shape index (κ2) is 8.54. The lowest BCUT2D eigenvalue weighted by Crippen LogP contribution is -2.48. The third-order valence-corrected chi connectivity index (χ3v) is 6.61. The predicted molar refractivity (Wildman–Crippen MR) is 110 cm³/mol. The van der Waals surface area contributed by atoms with Crippen molar-refractivity contribution in [2.75, 3.05) is 19.6 Å². The van der Waals surface area contributed by atoms with Crippen molar-refractivity contribution in [3.05, 3.63) is 71.3 Å². The molecule has 0 unspecified atom stereocenters. The maximum Gasteiger partial charge on any atom is 0.256 e. The number of nitrogens with zero attached hydrogens (tertiary/aromatic N) is 1. The Morgan fingerprint density at radius 1 is 1.03 bits per heavy atom. The molecule has 0 radical (unpaired) electrons. The van der Waals surface area contributed by atoms with Crippen LogP contribution >= 0.6 is 0 Å². The second-order valence-corrected chi connectivity index (χ2v) is 8.41. The van der Waals surface area contributed by atoms with Gasteiger partial charge in [-0.2, -0.15) is 0 Å². The summed E-state index contributed by atoms with van der Waals surface area (Å²) < 4.78 is 27.0. The minimum absolute atomic E-state index is 0.0252. The van der Waals surface area contributed by atoms with E-state index in [0.717, 1.165) is 25.0 Å². The highest BCUT2D eigenvalue weighted by atomic mass is 19.1. The summed E-state index contributed by atoms with van der Waals surface area (Å²) in [6.45, 7) is 1.41. The van der Waals surface area contributed by atoms with E-state index in [-0.39, 0.29) is 22.8 Å². The number of rotatable bonds is 5. The van der Waals surface area contributed by atoms with Crippen LogP contribution in [-0.2, 0) is 10.2 Å². The van der Waals surface area contributed by atoms with Crippen LogP contribution in [0.4, 0.5) is 8.78 Å². The molecule has 0 atom stereocenters. The molecule has 4 rings (SSSR count). The number of hydrogen-bond donors (Lipinski definition) is 1. The summed E-state index contributed by atoms with van der Waals surface area (Å²) in [6.07, 6.45) is 4.41. The Balaban J connectivity index is 1.31. The van der Waals surface area contributed by atoms with Gasteiger partial charge in [-0.3, -0.25) is 9.59 Å². The van der Waals surface area contributed by atoms with Gasteiger partial charge in [-0.15, -0.1) is 0 Å². The third-order valence-electron chi connectivity index (χ3n) is 6.61. The van der Waals surface area contributed by atoms with E-state index in [4.69, 9.17) is 0 Å². The number of halogens is 2. The molecule has 1 aliphatic heterocycles. The van der Waals surface area contributed by atoms with Crippen LogP contribution in [0.3, 0.4) is 0 Å². The Kier molecular flexibility index (Phi) is 5.84. The number of amides is 2. The maximum atomic E-state index is 13.9. The molecule has 1 aliphatic carbocycles. The SMILES string of the molecule is O=C(NCC1(c2ccccc2)CCC1)C1CCN(C(=O)c2ccc(F)cc2F)CC1. The van der Waals surface area contributed by atoms with Crippen LogP contribution in [0.15, 0.2) is 48.5 Å². The third kappa shape index (κ3) is 4.09. The smallest absolute Gasteiger partial charge is 0.256 e. The Hall–Kier alpha value is -2.76. The van der Waals surface area contributed by atoms with Crippen LogP contribution in [0.25, 0.3) is 0 Å². The van der Waals surface area contributed by atoms with E-state index in [2.05, 4.69) is 17.4 Å². The Morgan fingerprint density at radius 2 is 1.73 bits per heavy atom. The molecule has 2 amide bonds. The van der Waals surface area contributed by atoms with Crippen molar-refractivity contribution >= 4 is 11.8 Å². The lowest BCUT2D eigenvalue weighted by atomic mass is 9.64. The van der Waals surface area contributed by atoms with Crippen molar-refractivity contribution in [2.45, 2.75) is 37.5 Å². The van der Waals surface area contributed by atoms with Crippen molar-refractivity contribution < 1.29 is 18.4 Å². The van der Waals surface area contributed by atoms with Crippen molar-refractivity contribution in [2.24, 2.45) is 5.92 Å². The van der Waals surface area contributed by atoms with E-state index in [1.165, 1.54) is 23.0 Å². The standard InChI is InChI=1S/C24H26F2N2O2/c25-19-7-8-20(21(26)15-19)23(30)28-13-9-17(10-14-28)22(29)27-16-24(11-4-12-24)18-5-2-1-3-6-18/h1-3,5-8,15,17H,4,9-14,16H2,(H,27,29). The molecule has 4 nitrogen and oxygen atoms in total. The summed E-state index contributed by atoms with van der Waals surface area (Å²) in [5.41, 5.74) is 1.18. The van der Waals surface area contributed by atoms with Gasteiger partial charge in [-0.25, -0.2) is 8.78 Å². The molecule has 0 spiro atoms. The molecular formula is C24H26F2N2O2. The molecule has 2 aliphatic rings. The normalized spacial score (nSPS) is 18.5. The van der Waals surface area contributed by atoms with Crippen LogP contribution in [0.1, 0.15) is 48.0 Å². The molecule has 6 heteroatoms. The molecule has 0 bridgehead atoms. The quantitative estimate of drug-likeness (QED) is 0.805. The zero-order valence-corrected chi connectivity index (χ0v) is 16.9. The lowest BCUT2D eigenvalue weighted by molar-refractivity contribution is -0.126. The molecule has 2 aromatic carbocycles. The minimum atomic E-state index is -0.855. The number of carbonyl (C=O) groups excluding carboxylic acids is 2. The van der Waals surface area contributed by atoms with Crippen molar-refractivity contribution in [1.82, 2.24) is 10.2 Å². The fourth-order valence-corrected chi connectivity index (χ4v) is 4.54. The maximum absolute atomic E-state index is 13.9. The molecule has 2 fully saturated rings. The summed E-state index contributed by atoms with van der Waals surface area (Å²) in [5.74, 6) is -2.15. The Bertz CT molecular complexity index is 920. The molecule has 2 aromatic rings. The van der Waals surface area contributed by atoms with Gasteiger partial charge in [0.25, 0.3) is 5.91 Å². The first-order valence-corrected chi connectivity index (χ1v) is 10.6. The summed E-state index contributed by atoms with van der Waals surface area (Å²) in [5, 5.41) is 3.14. The molecule has 158 valence electrons. The molecule has 30 heavy (non-hydrogen) atoms. The summed E-state index contributed by atoms with van der Waals surface area (Å²) in [4.78, 5) is 26.8. The highest BCUT2D eigenvalue weighted by molar-refractivity contribution is 5.94. The van der Waals surface area contributed by atoms with E-state index in [1.54, 1.807) is 0 Å². The highest BCUT2D eigenvalue weighted by Gasteiger charge is 2.39. The van der Waals surface area contributed by atoms with Gasteiger partial charge < -0.3 is 10.2 Å². The van der Waals surface area contributed by atoms with Gasteiger partial charge in [0.05, 0.1) is 5.56 Å². The average molecular weight is 412 g/mol. The lowest BCUT2D eigenvalue weighted by Gasteiger charge is -2.43. The number of piperidine rings is 1. The largest absolute Gasteiger partial charge is 0.355 e. The van der Waals surface area contributed by atoms with Gasteiger partial charge in [0.1, 0.15) is 11.6 Å². The minimum Gasteiger partial charge on any atom is -0.355 e. The molecular weight excluding hydrogens is 386 g/mol. The number of carbonyl (C=O) groups is 2. The van der Waals surface area contributed by atoms with Gasteiger partial charge in [0.15, 0.2) is 0 Å². The molecule has 0 aromatic heterocycles. The van der Waals surface area contributed by atoms with Crippen LogP contribution in [-0.4, -0.2) is 36.3 Å². The first-order chi connectivity index (χ1) is 14.5.